The lowest BCUT2D eigenvalue weighted by Crippen LogP contribution is -2.53. The van der Waals surface area contributed by atoms with Gasteiger partial charge in [-0.2, -0.15) is 0 Å². The first-order valence-corrected chi connectivity index (χ1v) is 7.84. The summed E-state index contributed by atoms with van der Waals surface area (Å²) in [7, 11) is 2.22. The molecule has 1 aliphatic rings. The highest BCUT2D eigenvalue weighted by Gasteiger charge is 2.24. The Kier molecular flexibility index (Phi) is 6.02. The van der Waals surface area contributed by atoms with Crippen LogP contribution in [-0.2, 0) is 6.54 Å². The summed E-state index contributed by atoms with van der Waals surface area (Å²) in [4.78, 5) is 5.08. The summed E-state index contributed by atoms with van der Waals surface area (Å²) in [5.41, 5.74) is 1.37. The lowest BCUT2D eigenvalue weighted by Gasteiger charge is -2.40. The summed E-state index contributed by atoms with van der Waals surface area (Å²) in [5.74, 6) is 0.696. The van der Waals surface area contributed by atoms with Crippen LogP contribution in [0.4, 0.5) is 0 Å². The average molecular weight is 275 g/mol. The third-order valence-electron chi connectivity index (χ3n) is 4.30. The van der Waals surface area contributed by atoms with Gasteiger partial charge in [-0.05, 0) is 18.5 Å². The van der Waals surface area contributed by atoms with Crippen molar-refractivity contribution < 1.29 is 0 Å². The van der Waals surface area contributed by atoms with Gasteiger partial charge >= 0.3 is 0 Å². The standard InChI is InChI=1S/C17H29N3/c1-15(2)17(20-11-9-19(3)10-12-20)14-18-13-16-7-5-4-6-8-16/h4-8,15,17-18H,9-14H2,1-3H3. The molecule has 1 fully saturated rings. The highest BCUT2D eigenvalue weighted by atomic mass is 15.3. The molecule has 1 aromatic rings. The van der Waals surface area contributed by atoms with Crippen LogP contribution in [-0.4, -0.2) is 55.6 Å². The summed E-state index contributed by atoms with van der Waals surface area (Å²) in [6.07, 6.45) is 0. The number of hydrogen-bond donors (Lipinski definition) is 1. The quantitative estimate of drug-likeness (QED) is 0.857. The Hall–Kier alpha value is -0.900. The van der Waals surface area contributed by atoms with Crippen LogP contribution in [0, 0.1) is 5.92 Å². The SMILES string of the molecule is CC(C)C(CNCc1ccccc1)N1CCN(C)CC1. The van der Waals surface area contributed by atoms with E-state index in [1.54, 1.807) is 0 Å². The van der Waals surface area contributed by atoms with Gasteiger partial charge in [-0.15, -0.1) is 0 Å². The third kappa shape index (κ3) is 4.58. The van der Waals surface area contributed by atoms with Crippen molar-refractivity contribution in [2.45, 2.75) is 26.4 Å². The molecule has 1 aromatic carbocycles. The first-order chi connectivity index (χ1) is 9.66. The maximum Gasteiger partial charge on any atom is 0.0244 e. The summed E-state index contributed by atoms with van der Waals surface area (Å²) in [6, 6.07) is 11.3. The molecule has 0 saturated carbocycles. The Morgan fingerprint density at radius 3 is 2.30 bits per heavy atom. The molecule has 1 N–H and O–H groups in total. The van der Waals surface area contributed by atoms with Crippen LogP contribution in [0.3, 0.4) is 0 Å². The number of piperazine rings is 1. The minimum Gasteiger partial charge on any atom is -0.311 e. The molecule has 20 heavy (non-hydrogen) atoms. The van der Waals surface area contributed by atoms with Crippen molar-refractivity contribution in [2.24, 2.45) is 5.92 Å². The normalized spacial score (nSPS) is 19.4. The Bertz CT molecular complexity index is 369. The van der Waals surface area contributed by atoms with Crippen LogP contribution < -0.4 is 5.32 Å². The monoisotopic (exact) mass is 275 g/mol. The number of rotatable bonds is 6. The maximum atomic E-state index is 3.64. The second-order valence-corrected chi connectivity index (χ2v) is 6.27. The van der Waals surface area contributed by atoms with Crippen molar-refractivity contribution in [2.75, 3.05) is 39.8 Å². The van der Waals surface area contributed by atoms with Crippen LogP contribution >= 0.6 is 0 Å². The zero-order chi connectivity index (χ0) is 14.4. The molecule has 3 nitrogen and oxygen atoms in total. The van der Waals surface area contributed by atoms with E-state index < -0.39 is 0 Å². The Morgan fingerprint density at radius 1 is 1.05 bits per heavy atom. The number of nitrogens with one attached hydrogen (secondary N) is 1. The van der Waals surface area contributed by atoms with Gasteiger partial charge in [0.05, 0.1) is 0 Å². The summed E-state index contributed by atoms with van der Waals surface area (Å²) in [6.45, 7) is 11.5. The summed E-state index contributed by atoms with van der Waals surface area (Å²) < 4.78 is 0. The van der Waals surface area contributed by atoms with E-state index >= 15 is 0 Å². The van der Waals surface area contributed by atoms with Gasteiger partial charge in [0.15, 0.2) is 0 Å². The molecule has 0 radical (unpaired) electrons. The van der Waals surface area contributed by atoms with E-state index in [-0.39, 0.29) is 0 Å². The fraction of sp³-hybridized carbons (Fsp3) is 0.647. The van der Waals surface area contributed by atoms with E-state index in [0.29, 0.717) is 12.0 Å². The van der Waals surface area contributed by atoms with E-state index in [4.69, 9.17) is 0 Å². The predicted octanol–water partition coefficient (Wildman–Crippen LogP) is 2.05. The van der Waals surface area contributed by atoms with E-state index in [9.17, 15) is 0 Å². The van der Waals surface area contributed by atoms with Crippen molar-refractivity contribution in [3.8, 4) is 0 Å². The van der Waals surface area contributed by atoms with Gasteiger partial charge < -0.3 is 10.2 Å². The molecule has 0 spiro atoms. The average Bonchev–Trinajstić information content (AvgIpc) is 2.46. The summed E-state index contributed by atoms with van der Waals surface area (Å²) >= 11 is 0. The van der Waals surface area contributed by atoms with Crippen molar-refractivity contribution in [3.05, 3.63) is 35.9 Å². The lowest BCUT2D eigenvalue weighted by molar-refractivity contribution is 0.0875. The van der Waals surface area contributed by atoms with E-state index in [2.05, 4.69) is 66.3 Å². The number of likely N-dealkylation sites (N-methyl/N-ethyl adjacent to an activating group) is 1. The van der Waals surface area contributed by atoms with E-state index in [1.807, 2.05) is 0 Å². The van der Waals surface area contributed by atoms with Gasteiger partial charge in [0.2, 0.25) is 0 Å². The zero-order valence-corrected chi connectivity index (χ0v) is 13.2. The molecule has 0 amide bonds. The van der Waals surface area contributed by atoms with E-state index in [0.717, 1.165) is 13.1 Å². The molecular weight excluding hydrogens is 246 g/mol. The van der Waals surface area contributed by atoms with Gasteiger partial charge in [0.1, 0.15) is 0 Å². The maximum absolute atomic E-state index is 3.64. The highest BCUT2D eigenvalue weighted by molar-refractivity contribution is 5.14. The first kappa shape index (κ1) is 15.5. The van der Waals surface area contributed by atoms with Gasteiger partial charge in [-0.25, -0.2) is 0 Å². The van der Waals surface area contributed by atoms with Crippen molar-refractivity contribution in [1.29, 1.82) is 0 Å². The second kappa shape index (κ2) is 7.77. The van der Waals surface area contributed by atoms with Crippen LogP contribution in [0.5, 0.6) is 0 Å². The second-order valence-electron chi connectivity index (χ2n) is 6.27. The fourth-order valence-electron chi connectivity index (χ4n) is 2.90. The Labute approximate surface area is 124 Å². The molecule has 1 heterocycles. The molecule has 1 unspecified atom stereocenters. The van der Waals surface area contributed by atoms with Gasteiger partial charge in [-0.1, -0.05) is 44.2 Å². The fourth-order valence-corrected chi connectivity index (χ4v) is 2.90. The van der Waals surface area contributed by atoms with Crippen LogP contribution in [0.1, 0.15) is 19.4 Å². The molecule has 2 rings (SSSR count). The van der Waals surface area contributed by atoms with Gasteiger partial charge in [0.25, 0.3) is 0 Å². The molecule has 3 heteroatoms. The van der Waals surface area contributed by atoms with Crippen molar-refractivity contribution in [3.63, 3.8) is 0 Å². The molecule has 1 atom stereocenters. The van der Waals surface area contributed by atoms with Crippen molar-refractivity contribution >= 4 is 0 Å². The topological polar surface area (TPSA) is 18.5 Å². The number of nitrogens with zero attached hydrogens (tertiary/aromatic N) is 2. The number of hydrogen-bond acceptors (Lipinski definition) is 3. The molecule has 112 valence electrons. The Balaban J connectivity index is 1.80. The molecule has 0 bridgehead atoms. The molecular formula is C17H29N3. The minimum atomic E-state index is 0.646. The smallest absolute Gasteiger partial charge is 0.0244 e. The highest BCUT2D eigenvalue weighted by Crippen LogP contribution is 2.13. The third-order valence-corrected chi connectivity index (χ3v) is 4.30. The Morgan fingerprint density at radius 2 is 1.70 bits per heavy atom. The number of benzene rings is 1. The first-order valence-electron chi connectivity index (χ1n) is 7.84. The largest absolute Gasteiger partial charge is 0.311 e. The molecule has 1 saturated heterocycles. The predicted molar refractivity (Wildman–Crippen MR) is 85.8 cm³/mol. The van der Waals surface area contributed by atoms with Crippen LogP contribution in [0.2, 0.25) is 0 Å². The van der Waals surface area contributed by atoms with Crippen LogP contribution in [0.15, 0.2) is 30.3 Å². The minimum absolute atomic E-state index is 0.646. The van der Waals surface area contributed by atoms with Crippen molar-refractivity contribution in [1.82, 2.24) is 15.1 Å². The van der Waals surface area contributed by atoms with Crippen LogP contribution in [0.25, 0.3) is 0 Å². The summed E-state index contributed by atoms with van der Waals surface area (Å²) in [5, 5.41) is 3.64. The van der Waals surface area contributed by atoms with Gasteiger partial charge in [0, 0.05) is 45.3 Å². The molecule has 1 aliphatic heterocycles. The molecule has 0 aliphatic carbocycles. The molecule has 0 aromatic heterocycles. The van der Waals surface area contributed by atoms with Gasteiger partial charge in [-0.3, -0.25) is 4.90 Å². The lowest BCUT2D eigenvalue weighted by atomic mass is 10.0. The zero-order valence-electron chi connectivity index (χ0n) is 13.2. The van der Waals surface area contributed by atoms with E-state index in [1.165, 1.54) is 31.7 Å².